The molecule has 0 radical (unpaired) electrons. The molecule has 88 valence electrons. The van der Waals surface area contributed by atoms with Crippen LogP contribution < -0.4 is 5.32 Å². The molecule has 0 aromatic rings. The molecule has 2 aliphatic rings. The lowest BCUT2D eigenvalue weighted by Gasteiger charge is -2.32. The van der Waals surface area contributed by atoms with Gasteiger partial charge in [-0.05, 0) is 31.1 Å². The standard InChI is InChI=1S/C13H25NO/c1-4-10-7-12(10)14-11-5-6-15-13(8-11)9(2)3/h9-14H,4-8H2,1-3H3. The fraction of sp³-hybridized carbons (Fsp3) is 1.00. The minimum atomic E-state index is 0.482. The Labute approximate surface area is 93.8 Å². The summed E-state index contributed by atoms with van der Waals surface area (Å²) in [6.45, 7) is 7.77. The maximum absolute atomic E-state index is 5.78. The molecular weight excluding hydrogens is 186 g/mol. The molecule has 0 amide bonds. The first-order chi connectivity index (χ1) is 7.20. The highest BCUT2D eigenvalue weighted by Crippen LogP contribution is 2.34. The maximum atomic E-state index is 5.78. The molecule has 1 saturated heterocycles. The fourth-order valence-electron chi connectivity index (χ4n) is 2.65. The Balaban J connectivity index is 1.73. The van der Waals surface area contributed by atoms with Gasteiger partial charge >= 0.3 is 0 Å². The van der Waals surface area contributed by atoms with Crippen LogP contribution in [0, 0.1) is 11.8 Å². The van der Waals surface area contributed by atoms with E-state index in [1.165, 1.54) is 25.7 Å². The lowest BCUT2D eigenvalue weighted by molar-refractivity contribution is -0.0247. The average molecular weight is 211 g/mol. The van der Waals surface area contributed by atoms with Gasteiger partial charge in [0.2, 0.25) is 0 Å². The van der Waals surface area contributed by atoms with Gasteiger partial charge in [-0.3, -0.25) is 0 Å². The molecule has 2 fully saturated rings. The van der Waals surface area contributed by atoms with Crippen LogP contribution in [0.3, 0.4) is 0 Å². The van der Waals surface area contributed by atoms with Crippen LogP contribution in [0.2, 0.25) is 0 Å². The highest BCUT2D eigenvalue weighted by Gasteiger charge is 2.37. The van der Waals surface area contributed by atoms with Gasteiger partial charge in [-0.25, -0.2) is 0 Å². The Hall–Kier alpha value is -0.0800. The molecule has 1 aliphatic heterocycles. The maximum Gasteiger partial charge on any atom is 0.0612 e. The van der Waals surface area contributed by atoms with Gasteiger partial charge in [0.25, 0.3) is 0 Å². The van der Waals surface area contributed by atoms with Crippen LogP contribution in [0.4, 0.5) is 0 Å². The Morgan fingerprint density at radius 3 is 2.73 bits per heavy atom. The summed E-state index contributed by atoms with van der Waals surface area (Å²) in [5.41, 5.74) is 0. The van der Waals surface area contributed by atoms with E-state index in [1.807, 2.05) is 0 Å². The first-order valence-electron chi connectivity index (χ1n) is 6.58. The Morgan fingerprint density at radius 1 is 1.33 bits per heavy atom. The summed E-state index contributed by atoms with van der Waals surface area (Å²) < 4.78 is 5.78. The second-order valence-electron chi connectivity index (χ2n) is 5.55. The summed E-state index contributed by atoms with van der Waals surface area (Å²) in [5.74, 6) is 1.63. The molecule has 4 unspecified atom stereocenters. The third-order valence-corrected chi connectivity index (χ3v) is 3.96. The summed E-state index contributed by atoms with van der Waals surface area (Å²) in [7, 11) is 0. The molecule has 0 bridgehead atoms. The number of hydrogen-bond acceptors (Lipinski definition) is 2. The zero-order valence-corrected chi connectivity index (χ0v) is 10.3. The van der Waals surface area contributed by atoms with Crippen LogP contribution in [0.15, 0.2) is 0 Å². The van der Waals surface area contributed by atoms with E-state index in [0.29, 0.717) is 18.1 Å². The number of nitrogens with one attached hydrogen (secondary N) is 1. The van der Waals surface area contributed by atoms with Crippen LogP contribution in [0.1, 0.15) is 46.5 Å². The van der Waals surface area contributed by atoms with Crippen molar-refractivity contribution in [2.75, 3.05) is 6.61 Å². The van der Waals surface area contributed by atoms with Crippen molar-refractivity contribution in [3.05, 3.63) is 0 Å². The summed E-state index contributed by atoms with van der Waals surface area (Å²) >= 11 is 0. The average Bonchev–Trinajstić information content (AvgIpc) is 2.97. The second-order valence-corrected chi connectivity index (χ2v) is 5.55. The first kappa shape index (κ1) is 11.4. The first-order valence-corrected chi connectivity index (χ1v) is 6.58. The molecular formula is C13H25NO. The van der Waals surface area contributed by atoms with Crippen molar-refractivity contribution in [2.24, 2.45) is 11.8 Å². The monoisotopic (exact) mass is 211 g/mol. The summed E-state index contributed by atoms with van der Waals surface area (Å²) in [4.78, 5) is 0. The van der Waals surface area contributed by atoms with Gasteiger partial charge in [0, 0.05) is 18.7 Å². The van der Waals surface area contributed by atoms with Crippen LogP contribution in [0.25, 0.3) is 0 Å². The Bertz CT molecular complexity index is 205. The molecule has 0 aromatic heterocycles. The van der Waals surface area contributed by atoms with E-state index >= 15 is 0 Å². The molecule has 1 heterocycles. The molecule has 1 aliphatic carbocycles. The third kappa shape index (κ3) is 2.94. The molecule has 15 heavy (non-hydrogen) atoms. The van der Waals surface area contributed by atoms with Crippen LogP contribution in [-0.2, 0) is 4.74 Å². The predicted molar refractivity (Wildman–Crippen MR) is 62.9 cm³/mol. The van der Waals surface area contributed by atoms with E-state index in [0.717, 1.165) is 18.6 Å². The molecule has 1 saturated carbocycles. The van der Waals surface area contributed by atoms with Gasteiger partial charge in [0.15, 0.2) is 0 Å². The summed E-state index contributed by atoms with van der Waals surface area (Å²) in [5, 5.41) is 3.80. The molecule has 2 rings (SSSR count). The van der Waals surface area contributed by atoms with Crippen LogP contribution in [-0.4, -0.2) is 24.8 Å². The Kier molecular flexibility index (Phi) is 3.68. The zero-order chi connectivity index (χ0) is 10.8. The van der Waals surface area contributed by atoms with E-state index in [9.17, 15) is 0 Å². The van der Waals surface area contributed by atoms with Crippen molar-refractivity contribution >= 4 is 0 Å². The normalized spacial score (nSPS) is 40.8. The van der Waals surface area contributed by atoms with E-state index in [4.69, 9.17) is 4.74 Å². The largest absolute Gasteiger partial charge is 0.378 e. The van der Waals surface area contributed by atoms with Crippen molar-refractivity contribution in [1.82, 2.24) is 5.32 Å². The molecule has 0 spiro atoms. The van der Waals surface area contributed by atoms with Gasteiger partial charge in [-0.15, -0.1) is 0 Å². The number of rotatable bonds is 4. The highest BCUT2D eigenvalue weighted by molar-refractivity contribution is 4.95. The van der Waals surface area contributed by atoms with Crippen LogP contribution >= 0.6 is 0 Å². The molecule has 2 heteroatoms. The fourth-order valence-corrected chi connectivity index (χ4v) is 2.65. The lowest BCUT2D eigenvalue weighted by Crippen LogP contribution is -2.42. The second kappa shape index (κ2) is 4.84. The van der Waals surface area contributed by atoms with Crippen molar-refractivity contribution in [2.45, 2.75) is 64.6 Å². The molecule has 1 N–H and O–H groups in total. The van der Waals surface area contributed by atoms with Crippen molar-refractivity contribution in [3.63, 3.8) is 0 Å². The van der Waals surface area contributed by atoms with E-state index in [2.05, 4.69) is 26.1 Å². The van der Waals surface area contributed by atoms with E-state index < -0.39 is 0 Å². The predicted octanol–water partition coefficient (Wildman–Crippen LogP) is 2.58. The highest BCUT2D eigenvalue weighted by atomic mass is 16.5. The van der Waals surface area contributed by atoms with Crippen molar-refractivity contribution in [1.29, 1.82) is 0 Å². The van der Waals surface area contributed by atoms with Crippen LogP contribution in [0.5, 0.6) is 0 Å². The number of ether oxygens (including phenoxy) is 1. The smallest absolute Gasteiger partial charge is 0.0612 e. The molecule has 2 nitrogen and oxygen atoms in total. The summed E-state index contributed by atoms with van der Waals surface area (Å²) in [6.07, 6.45) is 5.64. The minimum Gasteiger partial charge on any atom is -0.378 e. The molecule has 4 atom stereocenters. The topological polar surface area (TPSA) is 21.3 Å². The van der Waals surface area contributed by atoms with E-state index in [-0.39, 0.29) is 0 Å². The third-order valence-electron chi connectivity index (χ3n) is 3.96. The van der Waals surface area contributed by atoms with Gasteiger partial charge in [0.05, 0.1) is 6.10 Å². The zero-order valence-electron chi connectivity index (χ0n) is 10.3. The minimum absolute atomic E-state index is 0.482. The van der Waals surface area contributed by atoms with Gasteiger partial charge in [0.1, 0.15) is 0 Å². The quantitative estimate of drug-likeness (QED) is 0.771. The van der Waals surface area contributed by atoms with Crippen molar-refractivity contribution < 1.29 is 4.74 Å². The van der Waals surface area contributed by atoms with Gasteiger partial charge < -0.3 is 10.1 Å². The number of hydrogen-bond donors (Lipinski definition) is 1. The van der Waals surface area contributed by atoms with Crippen molar-refractivity contribution in [3.8, 4) is 0 Å². The van der Waals surface area contributed by atoms with Gasteiger partial charge in [-0.2, -0.15) is 0 Å². The molecule has 0 aromatic carbocycles. The SMILES string of the molecule is CCC1CC1NC1CCOC(C(C)C)C1. The lowest BCUT2D eigenvalue weighted by atomic mass is 9.95. The Morgan fingerprint density at radius 2 is 2.13 bits per heavy atom. The van der Waals surface area contributed by atoms with E-state index in [1.54, 1.807) is 0 Å². The summed E-state index contributed by atoms with van der Waals surface area (Å²) in [6, 6.07) is 1.54. The van der Waals surface area contributed by atoms with Gasteiger partial charge in [-0.1, -0.05) is 27.2 Å².